The van der Waals surface area contributed by atoms with Crippen LogP contribution in [0.4, 0.5) is 5.69 Å². The van der Waals surface area contributed by atoms with Gasteiger partial charge >= 0.3 is 5.69 Å². The van der Waals surface area contributed by atoms with E-state index < -0.39 is 10.8 Å². The van der Waals surface area contributed by atoms with Gasteiger partial charge in [0.05, 0.1) is 4.92 Å². The van der Waals surface area contributed by atoms with Crippen molar-refractivity contribution in [1.82, 2.24) is 0 Å². The molecule has 1 aliphatic rings. The summed E-state index contributed by atoms with van der Waals surface area (Å²) in [6.45, 7) is 0. The Morgan fingerprint density at radius 3 is 2.68 bits per heavy atom. The molecule has 7 nitrogen and oxygen atoms in total. The van der Waals surface area contributed by atoms with Gasteiger partial charge in [-0.05, 0) is 31.4 Å². The lowest BCUT2D eigenvalue weighted by Gasteiger charge is -2.17. The van der Waals surface area contributed by atoms with Crippen molar-refractivity contribution in [3.63, 3.8) is 0 Å². The zero-order valence-corrected chi connectivity index (χ0v) is 10.2. The number of nitrogens with zero attached hydrogens (tertiary/aromatic N) is 1. The fourth-order valence-electron chi connectivity index (χ4n) is 2.18. The van der Waals surface area contributed by atoms with Gasteiger partial charge < -0.3 is 16.2 Å². The van der Waals surface area contributed by atoms with Gasteiger partial charge in [-0.3, -0.25) is 14.9 Å². The van der Waals surface area contributed by atoms with E-state index in [0.29, 0.717) is 0 Å². The molecular weight excluding hydrogens is 250 g/mol. The molecule has 2 unspecified atom stereocenters. The first-order valence-electron chi connectivity index (χ1n) is 5.99. The Bertz CT molecular complexity index is 518. The highest BCUT2D eigenvalue weighted by Crippen LogP contribution is 2.31. The van der Waals surface area contributed by atoms with Gasteiger partial charge in [0.2, 0.25) is 5.91 Å². The summed E-state index contributed by atoms with van der Waals surface area (Å²) < 4.78 is 5.60. The summed E-state index contributed by atoms with van der Waals surface area (Å²) >= 11 is 0. The number of amides is 1. The number of ether oxygens (including phenoxy) is 1. The molecule has 4 N–H and O–H groups in total. The van der Waals surface area contributed by atoms with Crippen LogP contribution in [0.5, 0.6) is 5.75 Å². The number of hydrogen-bond donors (Lipinski definition) is 2. The number of benzene rings is 1. The van der Waals surface area contributed by atoms with Crippen molar-refractivity contribution in [3.05, 3.63) is 33.9 Å². The average Bonchev–Trinajstić information content (AvgIpc) is 2.75. The summed E-state index contributed by atoms with van der Waals surface area (Å²) in [7, 11) is 0. The molecule has 19 heavy (non-hydrogen) atoms. The second-order valence-electron chi connectivity index (χ2n) is 4.55. The number of carbonyl (C=O) groups excluding carboxylic acids is 1. The van der Waals surface area contributed by atoms with Gasteiger partial charge in [-0.25, -0.2) is 0 Å². The third-order valence-corrected chi connectivity index (χ3v) is 3.22. The molecule has 1 aromatic carbocycles. The van der Waals surface area contributed by atoms with Crippen LogP contribution in [0.25, 0.3) is 0 Å². The molecule has 1 saturated carbocycles. The molecule has 0 heterocycles. The van der Waals surface area contributed by atoms with E-state index >= 15 is 0 Å². The highest BCUT2D eigenvalue weighted by atomic mass is 16.6. The Kier molecular flexibility index (Phi) is 3.66. The molecule has 0 aliphatic heterocycles. The van der Waals surface area contributed by atoms with Crippen LogP contribution in [-0.4, -0.2) is 23.0 Å². The quantitative estimate of drug-likeness (QED) is 0.620. The largest absolute Gasteiger partial charge is 0.482 e. The third kappa shape index (κ3) is 2.82. The third-order valence-electron chi connectivity index (χ3n) is 3.22. The average molecular weight is 265 g/mol. The summed E-state index contributed by atoms with van der Waals surface area (Å²) in [6.07, 6.45) is 2.34. The maximum absolute atomic E-state index is 11.0. The normalized spacial score (nSPS) is 22.2. The number of nitro benzene ring substituents is 1. The van der Waals surface area contributed by atoms with Gasteiger partial charge in [0.15, 0.2) is 5.75 Å². The standard InChI is InChI=1S/C12H15N3O4/c13-8-2-1-3-10(8)19-11-5-4-7(12(14)16)6-9(11)15(17)18/h4-6,8,10H,1-3,13H2,(H2,14,16). The number of rotatable bonds is 4. The molecule has 1 aromatic rings. The highest BCUT2D eigenvalue weighted by Gasteiger charge is 2.28. The molecule has 0 radical (unpaired) electrons. The molecule has 2 atom stereocenters. The van der Waals surface area contributed by atoms with Gasteiger partial charge in [-0.1, -0.05) is 0 Å². The van der Waals surface area contributed by atoms with Gasteiger partial charge in [0.1, 0.15) is 6.10 Å². The molecule has 0 saturated heterocycles. The zero-order valence-electron chi connectivity index (χ0n) is 10.2. The van der Waals surface area contributed by atoms with E-state index in [1.54, 1.807) is 0 Å². The van der Waals surface area contributed by atoms with E-state index in [9.17, 15) is 14.9 Å². The summed E-state index contributed by atoms with van der Waals surface area (Å²) in [5.74, 6) is -0.593. The predicted molar refractivity (Wildman–Crippen MR) is 67.9 cm³/mol. The molecule has 2 rings (SSSR count). The first-order valence-corrected chi connectivity index (χ1v) is 5.99. The SMILES string of the molecule is NC(=O)c1ccc(OC2CCCC2N)c([N+](=O)[O-])c1. The van der Waals surface area contributed by atoms with Gasteiger partial charge in [-0.2, -0.15) is 0 Å². The first kappa shape index (κ1) is 13.3. The number of hydrogen-bond acceptors (Lipinski definition) is 5. The first-order chi connectivity index (χ1) is 8.99. The molecule has 1 fully saturated rings. The fraction of sp³-hybridized carbons (Fsp3) is 0.417. The number of primary amides is 1. The molecule has 1 aliphatic carbocycles. The summed E-state index contributed by atoms with van der Waals surface area (Å²) in [5, 5.41) is 11.0. The second kappa shape index (κ2) is 5.23. The van der Waals surface area contributed by atoms with Crippen molar-refractivity contribution in [2.75, 3.05) is 0 Å². The summed E-state index contributed by atoms with van der Waals surface area (Å²) in [5.41, 5.74) is 10.8. The van der Waals surface area contributed by atoms with Crippen molar-refractivity contribution in [1.29, 1.82) is 0 Å². The van der Waals surface area contributed by atoms with Crippen LogP contribution < -0.4 is 16.2 Å². The summed E-state index contributed by atoms with van der Waals surface area (Å²) in [6, 6.07) is 3.81. The van der Waals surface area contributed by atoms with E-state index in [1.165, 1.54) is 12.1 Å². The maximum atomic E-state index is 11.0. The van der Waals surface area contributed by atoms with E-state index in [-0.39, 0.29) is 29.1 Å². The van der Waals surface area contributed by atoms with Crippen LogP contribution >= 0.6 is 0 Å². The Morgan fingerprint density at radius 2 is 2.16 bits per heavy atom. The van der Waals surface area contributed by atoms with Gasteiger partial charge in [-0.15, -0.1) is 0 Å². The van der Waals surface area contributed by atoms with Crippen molar-refractivity contribution in [3.8, 4) is 5.75 Å². The number of nitro groups is 1. The molecular formula is C12H15N3O4. The van der Waals surface area contributed by atoms with E-state index in [1.807, 2.05) is 0 Å². The smallest absolute Gasteiger partial charge is 0.311 e. The summed E-state index contributed by atoms with van der Waals surface area (Å²) in [4.78, 5) is 21.4. The van der Waals surface area contributed by atoms with Crippen molar-refractivity contribution in [2.45, 2.75) is 31.4 Å². The minimum atomic E-state index is -0.716. The van der Waals surface area contributed by atoms with Gasteiger partial charge in [0, 0.05) is 17.7 Å². The Balaban J connectivity index is 2.29. The van der Waals surface area contributed by atoms with E-state index in [0.717, 1.165) is 25.3 Å². The van der Waals surface area contributed by atoms with Gasteiger partial charge in [0.25, 0.3) is 0 Å². The molecule has 7 heteroatoms. The Hall–Kier alpha value is -2.15. The predicted octanol–water partition coefficient (Wildman–Crippen LogP) is 0.952. The second-order valence-corrected chi connectivity index (χ2v) is 4.55. The fourth-order valence-corrected chi connectivity index (χ4v) is 2.18. The van der Waals surface area contributed by atoms with Crippen molar-refractivity contribution < 1.29 is 14.5 Å². The lowest BCUT2D eigenvalue weighted by Crippen LogP contribution is -2.33. The van der Waals surface area contributed by atoms with Crippen LogP contribution in [-0.2, 0) is 0 Å². The minimum absolute atomic E-state index is 0.0785. The van der Waals surface area contributed by atoms with E-state index in [2.05, 4.69) is 0 Å². The maximum Gasteiger partial charge on any atom is 0.311 e. The highest BCUT2D eigenvalue weighted by molar-refractivity contribution is 5.93. The van der Waals surface area contributed by atoms with Crippen molar-refractivity contribution >= 4 is 11.6 Å². The van der Waals surface area contributed by atoms with Crippen LogP contribution in [0, 0.1) is 10.1 Å². The lowest BCUT2D eigenvalue weighted by molar-refractivity contribution is -0.386. The van der Waals surface area contributed by atoms with Crippen LogP contribution in [0.2, 0.25) is 0 Å². The number of nitrogens with two attached hydrogens (primary N) is 2. The number of carbonyl (C=O) groups is 1. The molecule has 0 aromatic heterocycles. The Morgan fingerprint density at radius 1 is 1.42 bits per heavy atom. The lowest BCUT2D eigenvalue weighted by atomic mass is 10.1. The van der Waals surface area contributed by atoms with E-state index in [4.69, 9.17) is 16.2 Å². The topological polar surface area (TPSA) is 121 Å². The molecule has 102 valence electrons. The zero-order chi connectivity index (χ0) is 14.0. The minimum Gasteiger partial charge on any atom is -0.482 e. The van der Waals surface area contributed by atoms with Crippen LogP contribution in [0.3, 0.4) is 0 Å². The van der Waals surface area contributed by atoms with Crippen LogP contribution in [0.15, 0.2) is 18.2 Å². The Labute approximate surface area is 109 Å². The molecule has 0 spiro atoms. The molecule has 1 amide bonds. The van der Waals surface area contributed by atoms with Crippen LogP contribution in [0.1, 0.15) is 29.6 Å². The molecule has 0 bridgehead atoms. The van der Waals surface area contributed by atoms with Crippen molar-refractivity contribution in [2.24, 2.45) is 11.5 Å². The monoisotopic (exact) mass is 265 g/mol.